The van der Waals surface area contributed by atoms with Gasteiger partial charge in [-0.1, -0.05) is 41.4 Å². The molecule has 1 aliphatic rings. The predicted molar refractivity (Wildman–Crippen MR) is 99.0 cm³/mol. The van der Waals surface area contributed by atoms with Crippen LogP contribution >= 0.6 is 23.2 Å². The smallest absolute Gasteiger partial charge is 0.273 e. The van der Waals surface area contributed by atoms with Gasteiger partial charge in [-0.15, -0.1) is 0 Å². The van der Waals surface area contributed by atoms with E-state index in [1.54, 1.807) is 22.4 Å². The number of anilines is 1. The van der Waals surface area contributed by atoms with Crippen LogP contribution in [0.5, 0.6) is 0 Å². The number of amides is 1. The van der Waals surface area contributed by atoms with Crippen LogP contribution in [0.15, 0.2) is 36.4 Å². The van der Waals surface area contributed by atoms with E-state index < -0.39 is 0 Å². The van der Waals surface area contributed by atoms with Gasteiger partial charge in [0.05, 0.1) is 16.4 Å². The number of hydrogen-bond acceptors (Lipinski definition) is 2. The molecule has 0 spiro atoms. The van der Waals surface area contributed by atoms with Crippen molar-refractivity contribution in [1.29, 1.82) is 0 Å². The minimum atomic E-state index is -0.261. The molecule has 1 amide bonds. The second-order valence-electron chi connectivity index (χ2n) is 6.06. The fourth-order valence-electron chi connectivity index (χ4n) is 3.21. The van der Waals surface area contributed by atoms with Crippen molar-refractivity contribution in [3.63, 3.8) is 0 Å². The Hall–Kier alpha value is -2.24. The lowest BCUT2D eigenvalue weighted by molar-refractivity contribution is 0.101. The van der Waals surface area contributed by atoms with E-state index in [1.165, 1.54) is 0 Å². The summed E-state index contributed by atoms with van der Waals surface area (Å²) in [7, 11) is 1.71. The molecule has 2 heterocycles. The summed E-state index contributed by atoms with van der Waals surface area (Å²) in [6.07, 6.45) is 2.89. The summed E-state index contributed by atoms with van der Waals surface area (Å²) in [5.41, 5.74) is 3.46. The molecule has 0 unspecified atom stereocenters. The first-order valence-electron chi connectivity index (χ1n) is 8.04. The lowest BCUT2D eigenvalue weighted by Crippen LogP contribution is -2.19. The number of aromatic nitrogens is 3. The first-order chi connectivity index (χ1) is 12.1. The SMILES string of the molecule is Cn1c(C(=O)Nc2c3c(nn2-c2ccccc2)CCC3)cc(Cl)c1Cl. The van der Waals surface area contributed by atoms with E-state index in [0.717, 1.165) is 42.0 Å². The van der Waals surface area contributed by atoms with E-state index in [1.807, 2.05) is 30.3 Å². The Morgan fingerprint density at radius 2 is 1.96 bits per heavy atom. The number of hydrogen-bond donors (Lipinski definition) is 1. The van der Waals surface area contributed by atoms with Gasteiger partial charge >= 0.3 is 0 Å². The standard InChI is InChI=1S/C18H16Cl2N4O/c1-23-15(10-13(19)16(23)20)18(25)21-17-12-8-5-9-14(12)22-24(17)11-6-3-2-4-7-11/h2-4,6-7,10H,5,8-9H2,1H3,(H,21,25). The third-order valence-corrected chi connectivity index (χ3v) is 5.33. The molecule has 1 aliphatic carbocycles. The van der Waals surface area contributed by atoms with Gasteiger partial charge in [-0.25, -0.2) is 4.68 Å². The van der Waals surface area contributed by atoms with Crippen molar-refractivity contribution < 1.29 is 4.79 Å². The number of rotatable bonds is 3. The quantitative estimate of drug-likeness (QED) is 0.744. The normalized spacial score (nSPS) is 13.1. The van der Waals surface area contributed by atoms with Crippen LogP contribution in [0.3, 0.4) is 0 Å². The molecule has 0 saturated heterocycles. The highest BCUT2D eigenvalue weighted by Crippen LogP contribution is 2.32. The van der Waals surface area contributed by atoms with E-state index in [2.05, 4.69) is 5.32 Å². The summed E-state index contributed by atoms with van der Waals surface area (Å²) in [5, 5.41) is 8.41. The van der Waals surface area contributed by atoms with Crippen LogP contribution in [0, 0.1) is 0 Å². The third kappa shape index (κ3) is 2.73. The molecular formula is C18H16Cl2N4O. The molecule has 0 radical (unpaired) electrons. The number of fused-ring (bicyclic) bond motifs is 1. The molecule has 1 aromatic carbocycles. The molecule has 0 atom stereocenters. The number of aryl methyl sites for hydroxylation is 1. The average molecular weight is 375 g/mol. The second kappa shape index (κ2) is 6.24. The van der Waals surface area contributed by atoms with E-state index in [-0.39, 0.29) is 5.91 Å². The van der Waals surface area contributed by atoms with Crippen LogP contribution in [-0.2, 0) is 19.9 Å². The Labute approximate surface area is 155 Å². The molecule has 2 aromatic heterocycles. The molecule has 0 fully saturated rings. The maximum atomic E-state index is 12.8. The Bertz CT molecular complexity index is 959. The Kier molecular flexibility index (Phi) is 4.06. The number of nitrogens with one attached hydrogen (secondary N) is 1. The van der Waals surface area contributed by atoms with Gasteiger partial charge in [-0.2, -0.15) is 5.10 Å². The molecule has 0 bridgehead atoms. The van der Waals surface area contributed by atoms with Crippen molar-refractivity contribution in [3.8, 4) is 5.69 Å². The van der Waals surface area contributed by atoms with Gasteiger partial charge in [0.2, 0.25) is 0 Å². The zero-order valence-corrected chi connectivity index (χ0v) is 15.1. The number of halogens is 2. The number of benzene rings is 1. The number of carbonyl (C=O) groups excluding carboxylic acids is 1. The van der Waals surface area contributed by atoms with Gasteiger partial charge in [-0.3, -0.25) is 4.79 Å². The highest BCUT2D eigenvalue weighted by Gasteiger charge is 2.25. The molecular weight excluding hydrogens is 359 g/mol. The fraction of sp³-hybridized carbons (Fsp3) is 0.222. The Balaban J connectivity index is 1.75. The van der Waals surface area contributed by atoms with Gasteiger partial charge in [0.15, 0.2) is 0 Å². The molecule has 128 valence electrons. The first kappa shape index (κ1) is 16.2. The van der Waals surface area contributed by atoms with E-state index in [4.69, 9.17) is 28.3 Å². The Morgan fingerprint density at radius 1 is 1.20 bits per heavy atom. The summed E-state index contributed by atoms with van der Waals surface area (Å²) in [6, 6.07) is 11.4. The maximum absolute atomic E-state index is 12.8. The number of carbonyl (C=O) groups is 1. The van der Waals surface area contributed by atoms with Crippen molar-refractivity contribution in [2.75, 3.05) is 5.32 Å². The van der Waals surface area contributed by atoms with Crippen molar-refractivity contribution in [2.24, 2.45) is 7.05 Å². The van der Waals surface area contributed by atoms with Gasteiger partial charge < -0.3 is 9.88 Å². The molecule has 1 N–H and O–H groups in total. The lowest BCUT2D eigenvalue weighted by atomic mass is 10.2. The molecule has 0 saturated carbocycles. The zero-order chi connectivity index (χ0) is 17.6. The predicted octanol–water partition coefficient (Wildman–Crippen LogP) is 4.26. The highest BCUT2D eigenvalue weighted by molar-refractivity contribution is 6.42. The minimum Gasteiger partial charge on any atom is -0.329 e. The van der Waals surface area contributed by atoms with Gasteiger partial charge in [0.1, 0.15) is 16.7 Å². The monoisotopic (exact) mass is 374 g/mol. The van der Waals surface area contributed by atoms with E-state index in [0.29, 0.717) is 15.9 Å². The summed E-state index contributed by atoms with van der Waals surface area (Å²) in [6.45, 7) is 0. The molecule has 5 nitrogen and oxygen atoms in total. The van der Waals surface area contributed by atoms with Crippen molar-refractivity contribution >= 4 is 34.9 Å². The van der Waals surface area contributed by atoms with Gasteiger partial charge in [-0.05, 0) is 37.5 Å². The lowest BCUT2D eigenvalue weighted by Gasteiger charge is -2.11. The summed E-state index contributed by atoms with van der Waals surface area (Å²) < 4.78 is 3.37. The van der Waals surface area contributed by atoms with E-state index >= 15 is 0 Å². The average Bonchev–Trinajstić information content (AvgIpc) is 3.27. The minimum absolute atomic E-state index is 0.261. The second-order valence-corrected chi connectivity index (χ2v) is 6.82. The Morgan fingerprint density at radius 3 is 2.64 bits per heavy atom. The summed E-state index contributed by atoms with van der Waals surface area (Å²) >= 11 is 12.1. The highest BCUT2D eigenvalue weighted by atomic mass is 35.5. The number of nitrogens with zero attached hydrogens (tertiary/aromatic N) is 3. The largest absolute Gasteiger partial charge is 0.329 e. The molecule has 3 aromatic rings. The molecule has 7 heteroatoms. The topological polar surface area (TPSA) is 51.9 Å². The van der Waals surface area contributed by atoms with Crippen LogP contribution in [0.1, 0.15) is 28.2 Å². The van der Waals surface area contributed by atoms with Crippen LogP contribution in [0.4, 0.5) is 5.82 Å². The van der Waals surface area contributed by atoms with Crippen LogP contribution in [0.2, 0.25) is 10.2 Å². The van der Waals surface area contributed by atoms with E-state index in [9.17, 15) is 4.79 Å². The van der Waals surface area contributed by atoms with Crippen molar-refractivity contribution in [1.82, 2.24) is 14.3 Å². The van der Waals surface area contributed by atoms with Gasteiger partial charge in [0.25, 0.3) is 5.91 Å². The van der Waals surface area contributed by atoms with Crippen LogP contribution in [-0.4, -0.2) is 20.3 Å². The molecule has 0 aliphatic heterocycles. The van der Waals surface area contributed by atoms with Crippen LogP contribution in [0.25, 0.3) is 5.69 Å². The summed E-state index contributed by atoms with van der Waals surface area (Å²) in [4.78, 5) is 12.8. The van der Waals surface area contributed by atoms with Gasteiger partial charge in [0, 0.05) is 12.6 Å². The molecule has 25 heavy (non-hydrogen) atoms. The fourth-order valence-corrected chi connectivity index (χ4v) is 3.58. The zero-order valence-electron chi connectivity index (χ0n) is 13.6. The number of para-hydroxylation sites is 1. The molecule has 4 rings (SSSR count). The summed E-state index contributed by atoms with van der Waals surface area (Å²) in [5.74, 6) is 0.459. The maximum Gasteiger partial charge on any atom is 0.273 e. The van der Waals surface area contributed by atoms with Crippen LogP contribution < -0.4 is 5.32 Å². The first-order valence-corrected chi connectivity index (χ1v) is 8.80. The van der Waals surface area contributed by atoms with Crippen molar-refractivity contribution in [3.05, 3.63) is 63.5 Å². The third-order valence-electron chi connectivity index (χ3n) is 4.49. The van der Waals surface area contributed by atoms with Crippen molar-refractivity contribution in [2.45, 2.75) is 19.3 Å².